The maximum atomic E-state index is 6.06. The van der Waals surface area contributed by atoms with Crippen molar-refractivity contribution >= 4 is 10.9 Å². The lowest BCUT2D eigenvalue weighted by molar-refractivity contribution is 0.313. The van der Waals surface area contributed by atoms with Gasteiger partial charge in [-0.3, -0.25) is 0 Å². The van der Waals surface area contributed by atoms with E-state index >= 15 is 0 Å². The zero-order valence-electron chi connectivity index (χ0n) is 15.0. The zero-order chi connectivity index (χ0) is 17.6. The predicted molar refractivity (Wildman–Crippen MR) is 103 cm³/mol. The van der Waals surface area contributed by atoms with Crippen LogP contribution in [-0.2, 0) is 0 Å². The molecule has 0 aliphatic heterocycles. The van der Waals surface area contributed by atoms with Crippen molar-refractivity contribution in [1.29, 1.82) is 0 Å². The van der Waals surface area contributed by atoms with E-state index < -0.39 is 0 Å². The van der Waals surface area contributed by atoms with Crippen LogP contribution < -0.4 is 14.8 Å². The van der Waals surface area contributed by atoms with E-state index in [1.165, 1.54) is 5.56 Å². The molecule has 1 heterocycles. The van der Waals surface area contributed by atoms with E-state index in [1.54, 1.807) is 7.11 Å². The number of fused-ring (bicyclic) bond motifs is 1. The molecule has 3 rings (SSSR count). The fraction of sp³-hybridized carbons (Fsp3) is 0.286. The number of ether oxygens (including phenoxy) is 2. The van der Waals surface area contributed by atoms with Crippen molar-refractivity contribution in [2.24, 2.45) is 0 Å². The van der Waals surface area contributed by atoms with Gasteiger partial charge < -0.3 is 14.8 Å². The molecule has 2 aromatic carbocycles. The van der Waals surface area contributed by atoms with Crippen molar-refractivity contribution in [3.05, 3.63) is 54.1 Å². The van der Waals surface area contributed by atoms with Crippen molar-refractivity contribution in [3.8, 4) is 22.8 Å². The summed E-state index contributed by atoms with van der Waals surface area (Å²) in [6.45, 7) is 3.69. The predicted octanol–water partition coefficient (Wildman–Crippen LogP) is 4.21. The number of nitrogens with zero attached hydrogens (tertiary/aromatic N) is 1. The topological polar surface area (TPSA) is 43.4 Å². The van der Waals surface area contributed by atoms with Crippen LogP contribution >= 0.6 is 0 Å². The molecule has 0 aliphatic rings. The van der Waals surface area contributed by atoms with Crippen LogP contribution in [0.5, 0.6) is 11.5 Å². The number of hydrogen-bond acceptors (Lipinski definition) is 4. The van der Waals surface area contributed by atoms with E-state index in [4.69, 9.17) is 14.5 Å². The van der Waals surface area contributed by atoms with Crippen molar-refractivity contribution in [2.45, 2.75) is 13.3 Å². The third kappa shape index (κ3) is 4.09. The maximum Gasteiger partial charge on any atom is 0.130 e. The molecule has 0 fully saturated rings. The van der Waals surface area contributed by atoms with E-state index in [0.717, 1.165) is 46.6 Å². The Morgan fingerprint density at radius 3 is 2.56 bits per heavy atom. The molecule has 0 atom stereocenters. The molecule has 0 radical (unpaired) electrons. The molecule has 0 aliphatic carbocycles. The fourth-order valence-electron chi connectivity index (χ4n) is 2.77. The van der Waals surface area contributed by atoms with Gasteiger partial charge in [0.25, 0.3) is 0 Å². The Labute approximate surface area is 148 Å². The van der Waals surface area contributed by atoms with Gasteiger partial charge in [-0.25, -0.2) is 4.98 Å². The Kier molecular flexibility index (Phi) is 5.51. The Morgan fingerprint density at radius 2 is 1.84 bits per heavy atom. The first-order valence-electron chi connectivity index (χ1n) is 8.54. The Bertz CT molecular complexity index is 844. The summed E-state index contributed by atoms with van der Waals surface area (Å²) >= 11 is 0. The number of benzene rings is 2. The van der Waals surface area contributed by atoms with E-state index in [1.807, 2.05) is 37.4 Å². The first-order chi connectivity index (χ1) is 12.2. The van der Waals surface area contributed by atoms with Gasteiger partial charge in [0.2, 0.25) is 0 Å². The average Bonchev–Trinajstić information content (AvgIpc) is 2.64. The molecule has 0 unspecified atom stereocenters. The van der Waals surface area contributed by atoms with Gasteiger partial charge in [-0.05, 0) is 68.9 Å². The second kappa shape index (κ2) is 7.99. The van der Waals surface area contributed by atoms with Gasteiger partial charge in [-0.1, -0.05) is 6.07 Å². The highest BCUT2D eigenvalue weighted by Gasteiger charge is 2.09. The second-order valence-corrected chi connectivity index (χ2v) is 6.06. The van der Waals surface area contributed by atoms with Crippen molar-refractivity contribution in [1.82, 2.24) is 10.3 Å². The molecular weight excluding hydrogens is 312 g/mol. The van der Waals surface area contributed by atoms with Gasteiger partial charge >= 0.3 is 0 Å². The monoisotopic (exact) mass is 336 g/mol. The standard InChI is InChI=1S/C21H24N2O2/c1-15-5-10-18-20(13-15)23-19(14-21(18)25-12-4-11-22-2)16-6-8-17(24-3)9-7-16/h5-10,13-14,22H,4,11-12H2,1-3H3. The molecule has 0 spiro atoms. The molecule has 4 heteroatoms. The molecule has 1 N–H and O–H groups in total. The lowest BCUT2D eigenvalue weighted by Crippen LogP contribution is -2.11. The highest BCUT2D eigenvalue weighted by Crippen LogP contribution is 2.31. The molecule has 1 aromatic heterocycles. The van der Waals surface area contributed by atoms with Crippen molar-refractivity contribution < 1.29 is 9.47 Å². The van der Waals surface area contributed by atoms with Gasteiger partial charge in [-0.2, -0.15) is 0 Å². The number of aryl methyl sites for hydroxylation is 1. The Morgan fingerprint density at radius 1 is 1.04 bits per heavy atom. The van der Waals surface area contributed by atoms with Gasteiger partial charge in [0.15, 0.2) is 0 Å². The first kappa shape index (κ1) is 17.2. The minimum atomic E-state index is 0.676. The van der Waals surface area contributed by atoms with Crippen LogP contribution in [-0.4, -0.2) is 32.3 Å². The van der Waals surface area contributed by atoms with E-state index in [9.17, 15) is 0 Å². The van der Waals surface area contributed by atoms with E-state index in [2.05, 4.69) is 30.4 Å². The minimum absolute atomic E-state index is 0.676. The molecule has 0 bridgehead atoms. The summed E-state index contributed by atoms with van der Waals surface area (Å²) in [5, 5.41) is 4.19. The summed E-state index contributed by atoms with van der Waals surface area (Å²) in [4.78, 5) is 4.83. The number of rotatable bonds is 7. The summed E-state index contributed by atoms with van der Waals surface area (Å²) in [6, 6.07) is 16.2. The zero-order valence-corrected chi connectivity index (χ0v) is 15.0. The molecule has 0 saturated heterocycles. The summed E-state index contributed by atoms with van der Waals surface area (Å²) in [5.41, 5.74) is 4.10. The highest BCUT2D eigenvalue weighted by atomic mass is 16.5. The van der Waals surface area contributed by atoms with Crippen LogP contribution in [0.2, 0.25) is 0 Å². The second-order valence-electron chi connectivity index (χ2n) is 6.06. The molecule has 3 aromatic rings. The summed E-state index contributed by atoms with van der Waals surface area (Å²) < 4.78 is 11.3. The number of pyridine rings is 1. The Hall–Kier alpha value is -2.59. The number of hydrogen-bond donors (Lipinski definition) is 1. The fourth-order valence-corrected chi connectivity index (χ4v) is 2.77. The lowest BCUT2D eigenvalue weighted by Gasteiger charge is -2.12. The molecule has 0 saturated carbocycles. The van der Waals surface area contributed by atoms with Crippen LogP contribution in [0.15, 0.2) is 48.5 Å². The maximum absolute atomic E-state index is 6.06. The van der Waals surface area contributed by atoms with Gasteiger partial charge in [-0.15, -0.1) is 0 Å². The molecule has 0 amide bonds. The third-order valence-electron chi connectivity index (χ3n) is 4.14. The normalized spacial score (nSPS) is 10.8. The number of methoxy groups -OCH3 is 1. The molecular formula is C21H24N2O2. The van der Waals surface area contributed by atoms with Crippen LogP contribution in [0, 0.1) is 6.92 Å². The summed E-state index contributed by atoms with van der Waals surface area (Å²) in [7, 11) is 3.62. The van der Waals surface area contributed by atoms with Gasteiger partial charge in [0.1, 0.15) is 11.5 Å². The quantitative estimate of drug-likeness (QED) is 0.657. The van der Waals surface area contributed by atoms with Gasteiger partial charge in [0.05, 0.1) is 24.9 Å². The average molecular weight is 336 g/mol. The van der Waals surface area contributed by atoms with E-state index in [0.29, 0.717) is 6.61 Å². The van der Waals surface area contributed by atoms with Crippen LogP contribution in [0.25, 0.3) is 22.2 Å². The smallest absolute Gasteiger partial charge is 0.130 e. The van der Waals surface area contributed by atoms with Crippen LogP contribution in [0.1, 0.15) is 12.0 Å². The number of aromatic nitrogens is 1. The van der Waals surface area contributed by atoms with Crippen molar-refractivity contribution in [3.63, 3.8) is 0 Å². The summed E-state index contributed by atoms with van der Waals surface area (Å²) in [5.74, 6) is 1.72. The third-order valence-corrected chi connectivity index (χ3v) is 4.14. The summed E-state index contributed by atoms with van der Waals surface area (Å²) in [6.07, 6.45) is 0.962. The Balaban J connectivity index is 1.99. The minimum Gasteiger partial charge on any atom is -0.497 e. The SMILES string of the molecule is CNCCCOc1cc(-c2ccc(OC)cc2)nc2cc(C)ccc12. The molecule has 4 nitrogen and oxygen atoms in total. The largest absolute Gasteiger partial charge is 0.497 e. The number of nitrogens with one attached hydrogen (secondary N) is 1. The molecule has 25 heavy (non-hydrogen) atoms. The first-order valence-corrected chi connectivity index (χ1v) is 8.54. The molecule has 130 valence electrons. The van der Waals surface area contributed by atoms with E-state index in [-0.39, 0.29) is 0 Å². The van der Waals surface area contributed by atoms with Crippen LogP contribution in [0.4, 0.5) is 0 Å². The van der Waals surface area contributed by atoms with Crippen molar-refractivity contribution in [2.75, 3.05) is 27.3 Å². The lowest BCUT2D eigenvalue weighted by atomic mass is 10.1. The highest BCUT2D eigenvalue weighted by molar-refractivity contribution is 5.88. The van der Waals surface area contributed by atoms with Gasteiger partial charge in [0, 0.05) is 17.0 Å². The van der Waals surface area contributed by atoms with Crippen LogP contribution in [0.3, 0.4) is 0 Å².